The number of ether oxygens (including phenoxy) is 3. The molecule has 6 nitrogen and oxygen atoms in total. The molecule has 126 valence electrons. The average molecular weight is 313 g/mol. The van der Waals surface area contributed by atoms with Gasteiger partial charge in [0.1, 0.15) is 11.7 Å². The number of amides is 1. The molecule has 1 amide bonds. The second kappa shape index (κ2) is 7.42. The molecule has 2 rings (SSSR count). The summed E-state index contributed by atoms with van der Waals surface area (Å²) in [5.74, 6) is 0.00154. The summed E-state index contributed by atoms with van der Waals surface area (Å²) >= 11 is 0. The standard InChI is InChI=1S/C16H27NO5/c1-16(2,3)22-14(18)10-12-4-5-13(21-11-12)15(19)17-6-8-20-9-7-17/h12-13H,4-11H2,1-3H3/t12-,13-/m0/s1. The zero-order valence-electron chi connectivity index (χ0n) is 13.8. The van der Waals surface area contributed by atoms with Gasteiger partial charge >= 0.3 is 5.97 Å². The maximum atomic E-state index is 12.3. The number of carbonyl (C=O) groups is 2. The Hall–Kier alpha value is -1.14. The zero-order valence-corrected chi connectivity index (χ0v) is 13.8. The van der Waals surface area contributed by atoms with Crippen LogP contribution in [0.1, 0.15) is 40.0 Å². The highest BCUT2D eigenvalue weighted by Crippen LogP contribution is 2.24. The van der Waals surface area contributed by atoms with Gasteiger partial charge < -0.3 is 19.1 Å². The summed E-state index contributed by atoms with van der Waals surface area (Å²) in [6.07, 6.45) is 1.48. The van der Waals surface area contributed by atoms with Crippen LogP contribution in [0.3, 0.4) is 0 Å². The van der Waals surface area contributed by atoms with Gasteiger partial charge in [-0.2, -0.15) is 0 Å². The Morgan fingerprint density at radius 1 is 1.18 bits per heavy atom. The molecule has 2 saturated heterocycles. The number of nitrogens with zero attached hydrogens (tertiary/aromatic N) is 1. The monoisotopic (exact) mass is 313 g/mol. The van der Waals surface area contributed by atoms with Crippen molar-refractivity contribution < 1.29 is 23.8 Å². The van der Waals surface area contributed by atoms with Gasteiger partial charge in [-0.1, -0.05) is 0 Å². The molecule has 0 aromatic rings. The first-order valence-electron chi connectivity index (χ1n) is 8.05. The third kappa shape index (κ3) is 5.25. The molecule has 0 spiro atoms. The van der Waals surface area contributed by atoms with Crippen molar-refractivity contribution in [2.45, 2.75) is 51.7 Å². The van der Waals surface area contributed by atoms with Gasteiger partial charge in [0.25, 0.3) is 5.91 Å². The van der Waals surface area contributed by atoms with Crippen molar-refractivity contribution in [1.29, 1.82) is 0 Å². The summed E-state index contributed by atoms with van der Waals surface area (Å²) in [4.78, 5) is 26.0. The van der Waals surface area contributed by atoms with Crippen LogP contribution in [0.2, 0.25) is 0 Å². The van der Waals surface area contributed by atoms with Gasteiger partial charge in [-0.05, 0) is 39.5 Å². The van der Waals surface area contributed by atoms with Crippen molar-refractivity contribution in [3.8, 4) is 0 Å². The van der Waals surface area contributed by atoms with E-state index in [1.165, 1.54) is 0 Å². The minimum atomic E-state index is -0.457. The Kier molecular flexibility index (Phi) is 5.81. The van der Waals surface area contributed by atoms with Crippen molar-refractivity contribution in [3.05, 3.63) is 0 Å². The van der Waals surface area contributed by atoms with Gasteiger partial charge in [0.2, 0.25) is 0 Å². The summed E-state index contributed by atoms with van der Waals surface area (Å²) in [6.45, 7) is 8.50. The second-order valence-electron chi connectivity index (χ2n) is 6.99. The Labute approximate surface area is 132 Å². The summed E-state index contributed by atoms with van der Waals surface area (Å²) in [5, 5.41) is 0. The van der Waals surface area contributed by atoms with Crippen molar-refractivity contribution >= 4 is 11.9 Å². The van der Waals surface area contributed by atoms with E-state index in [-0.39, 0.29) is 23.9 Å². The molecule has 0 bridgehead atoms. The average Bonchev–Trinajstić information content (AvgIpc) is 2.46. The highest BCUT2D eigenvalue weighted by Gasteiger charge is 2.32. The van der Waals surface area contributed by atoms with E-state index in [9.17, 15) is 9.59 Å². The molecule has 2 heterocycles. The molecule has 0 unspecified atom stereocenters. The minimum Gasteiger partial charge on any atom is -0.460 e. The molecule has 0 aliphatic carbocycles. The smallest absolute Gasteiger partial charge is 0.306 e. The lowest BCUT2D eigenvalue weighted by atomic mass is 9.95. The zero-order chi connectivity index (χ0) is 16.2. The van der Waals surface area contributed by atoms with Crippen LogP contribution in [0.25, 0.3) is 0 Å². The Balaban J connectivity index is 1.73. The Morgan fingerprint density at radius 2 is 1.86 bits per heavy atom. The van der Waals surface area contributed by atoms with E-state index in [0.717, 1.165) is 6.42 Å². The highest BCUT2D eigenvalue weighted by atomic mass is 16.6. The first-order chi connectivity index (χ1) is 10.3. The molecule has 6 heteroatoms. The Morgan fingerprint density at radius 3 is 2.41 bits per heavy atom. The predicted molar refractivity (Wildman–Crippen MR) is 80.3 cm³/mol. The van der Waals surface area contributed by atoms with Crippen LogP contribution in [-0.2, 0) is 23.8 Å². The van der Waals surface area contributed by atoms with E-state index in [4.69, 9.17) is 14.2 Å². The molecule has 0 N–H and O–H groups in total. The van der Waals surface area contributed by atoms with Crippen LogP contribution < -0.4 is 0 Å². The van der Waals surface area contributed by atoms with E-state index in [1.54, 1.807) is 0 Å². The molecule has 2 aliphatic heterocycles. The summed E-state index contributed by atoms with van der Waals surface area (Å²) in [7, 11) is 0. The van der Waals surface area contributed by atoms with Crippen LogP contribution >= 0.6 is 0 Å². The normalized spacial score (nSPS) is 26.6. The topological polar surface area (TPSA) is 65.1 Å². The number of esters is 1. The molecule has 22 heavy (non-hydrogen) atoms. The van der Waals surface area contributed by atoms with Gasteiger partial charge in [0.05, 0.1) is 26.2 Å². The van der Waals surface area contributed by atoms with Gasteiger partial charge in [-0.25, -0.2) is 0 Å². The number of carbonyl (C=O) groups excluding carboxylic acids is 2. The number of morpholine rings is 1. The van der Waals surface area contributed by atoms with Gasteiger partial charge in [-0.15, -0.1) is 0 Å². The molecule has 2 fully saturated rings. The fourth-order valence-corrected chi connectivity index (χ4v) is 2.77. The molecular weight excluding hydrogens is 286 g/mol. The molecule has 0 radical (unpaired) electrons. The van der Waals surface area contributed by atoms with E-state index >= 15 is 0 Å². The molecule has 2 atom stereocenters. The lowest BCUT2D eigenvalue weighted by molar-refractivity contribution is -0.159. The van der Waals surface area contributed by atoms with E-state index < -0.39 is 5.60 Å². The number of hydrogen-bond acceptors (Lipinski definition) is 5. The fraction of sp³-hybridized carbons (Fsp3) is 0.875. The SMILES string of the molecule is CC(C)(C)OC(=O)C[C@@H]1CC[C@@H](C(=O)N2CCOCC2)OC1. The molecule has 0 aromatic carbocycles. The van der Waals surface area contributed by atoms with E-state index in [0.29, 0.717) is 45.8 Å². The number of rotatable bonds is 3. The Bertz CT molecular complexity index is 390. The molecule has 2 aliphatic rings. The second-order valence-corrected chi connectivity index (χ2v) is 6.99. The largest absolute Gasteiger partial charge is 0.460 e. The first-order valence-corrected chi connectivity index (χ1v) is 8.05. The summed E-state index contributed by atoms with van der Waals surface area (Å²) in [6, 6.07) is 0. The quantitative estimate of drug-likeness (QED) is 0.736. The third-order valence-corrected chi connectivity index (χ3v) is 3.84. The molecular formula is C16H27NO5. The molecule has 0 saturated carbocycles. The van der Waals surface area contributed by atoms with Crippen molar-refractivity contribution in [2.24, 2.45) is 5.92 Å². The predicted octanol–water partition coefficient (Wildman–Crippen LogP) is 1.37. The highest BCUT2D eigenvalue weighted by molar-refractivity contribution is 5.81. The first kappa shape index (κ1) is 17.2. The summed E-state index contributed by atoms with van der Waals surface area (Å²) < 4.78 is 16.3. The van der Waals surface area contributed by atoms with E-state index in [2.05, 4.69) is 0 Å². The summed E-state index contributed by atoms with van der Waals surface area (Å²) in [5.41, 5.74) is -0.457. The minimum absolute atomic E-state index is 0.0546. The van der Waals surface area contributed by atoms with Crippen LogP contribution in [-0.4, -0.2) is 61.4 Å². The maximum absolute atomic E-state index is 12.3. The fourth-order valence-electron chi connectivity index (χ4n) is 2.77. The maximum Gasteiger partial charge on any atom is 0.306 e. The third-order valence-electron chi connectivity index (χ3n) is 3.84. The van der Waals surface area contributed by atoms with Crippen LogP contribution in [0.15, 0.2) is 0 Å². The van der Waals surface area contributed by atoms with Gasteiger partial charge in [0, 0.05) is 13.1 Å². The van der Waals surface area contributed by atoms with Crippen molar-refractivity contribution in [1.82, 2.24) is 4.90 Å². The number of hydrogen-bond donors (Lipinski definition) is 0. The van der Waals surface area contributed by atoms with Gasteiger partial charge in [0.15, 0.2) is 0 Å². The van der Waals surface area contributed by atoms with Crippen LogP contribution in [0.4, 0.5) is 0 Å². The van der Waals surface area contributed by atoms with Gasteiger partial charge in [-0.3, -0.25) is 9.59 Å². The van der Waals surface area contributed by atoms with Crippen molar-refractivity contribution in [2.75, 3.05) is 32.9 Å². The lowest BCUT2D eigenvalue weighted by Crippen LogP contribution is -2.48. The molecule has 0 aromatic heterocycles. The van der Waals surface area contributed by atoms with Crippen molar-refractivity contribution in [3.63, 3.8) is 0 Å². The van der Waals surface area contributed by atoms with E-state index in [1.807, 2.05) is 25.7 Å². The van der Waals surface area contributed by atoms with Crippen LogP contribution in [0.5, 0.6) is 0 Å². The lowest BCUT2D eigenvalue weighted by Gasteiger charge is -2.34. The van der Waals surface area contributed by atoms with Crippen LogP contribution in [0, 0.1) is 5.92 Å².